The molecule has 0 spiro atoms. The third-order valence-electron chi connectivity index (χ3n) is 9.95. The molecule has 41 heavy (non-hydrogen) atoms. The van der Waals surface area contributed by atoms with Gasteiger partial charge in [0.05, 0.1) is 0 Å². The van der Waals surface area contributed by atoms with Crippen molar-refractivity contribution >= 4 is 0 Å². The van der Waals surface area contributed by atoms with Gasteiger partial charge in [0.15, 0.2) is 0 Å². The summed E-state index contributed by atoms with van der Waals surface area (Å²) >= 11 is -1.77. The molecule has 0 aliphatic rings. The van der Waals surface area contributed by atoms with Crippen LogP contribution in [0.1, 0.15) is 209 Å². The Labute approximate surface area is 267 Å². The summed E-state index contributed by atoms with van der Waals surface area (Å²) in [5.41, 5.74) is 0. The van der Waals surface area contributed by atoms with Gasteiger partial charge in [-0.05, 0) is 0 Å². The van der Waals surface area contributed by atoms with Gasteiger partial charge in [-0.15, -0.1) is 0 Å². The monoisotopic (exact) mass is 613 g/mol. The summed E-state index contributed by atoms with van der Waals surface area (Å²) in [6.45, 7) is 19.1. The van der Waals surface area contributed by atoms with Gasteiger partial charge in [-0.1, -0.05) is 0 Å². The molecule has 0 aliphatic heterocycles. The molecule has 0 aliphatic carbocycles. The van der Waals surface area contributed by atoms with E-state index in [4.69, 9.17) is 0 Å². The second-order valence-electron chi connectivity index (χ2n) is 16.3. The summed E-state index contributed by atoms with van der Waals surface area (Å²) in [6, 6.07) is 0. The molecule has 0 rings (SSSR count). The summed E-state index contributed by atoms with van der Waals surface area (Å²) in [4.78, 5) is 0. The second kappa shape index (κ2) is 29.4. The summed E-state index contributed by atoms with van der Waals surface area (Å²) in [5.74, 6) is 3.55. The zero-order valence-electron chi connectivity index (χ0n) is 30.6. The first-order valence-electron chi connectivity index (χ1n) is 19.7. The van der Waals surface area contributed by atoms with Crippen molar-refractivity contribution in [2.75, 3.05) is 0 Å². The fourth-order valence-electron chi connectivity index (χ4n) is 7.08. The van der Waals surface area contributed by atoms with Crippen LogP contribution in [-0.2, 0) is 16.6 Å². The number of unbranched alkanes of at least 4 members (excludes halogenated alkanes) is 16. The molecule has 0 atom stereocenters. The van der Waals surface area contributed by atoms with E-state index >= 15 is 0 Å². The van der Waals surface area contributed by atoms with Crippen molar-refractivity contribution in [3.8, 4) is 0 Å². The number of hydrogen-bond acceptors (Lipinski definition) is 0. The first-order valence-corrected chi connectivity index (χ1v) is 24.1. The van der Waals surface area contributed by atoms with Crippen molar-refractivity contribution in [3.63, 3.8) is 0 Å². The molecule has 0 aromatic heterocycles. The molecule has 1 heteroatoms. The van der Waals surface area contributed by atoms with Crippen LogP contribution in [-0.4, -0.2) is 0 Å². The molecule has 0 saturated carbocycles. The van der Waals surface area contributed by atoms with Crippen molar-refractivity contribution in [2.45, 2.75) is 228 Å². The van der Waals surface area contributed by atoms with Gasteiger partial charge in [0.25, 0.3) is 0 Å². The molecule has 0 amide bonds. The molecule has 248 valence electrons. The summed E-state index contributed by atoms with van der Waals surface area (Å²) in [5, 5.41) is 0. The number of hydrogen-bond donors (Lipinski definition) is 0. The van der Waals surface area contributed by atoms with E-state index in [0.29, 0.717) is 0 Å². The molecule has 0 fully saturated rings. The Morgan fingerprint density at radius 2 is 0.415 bits per heavy atom. The topological polar surface area (TPSA) is 0 Å². The molecule has 0 heterocycles. The van der Waals surface area contributed by atoms with Crippen LogP contribution in [0.2, 0.25) is 18.9 Å². The van der Waals surface area contributed by atoms with Crippen LogP contribution < -0.4 is 0 Å². The van der Waals surface area contributed by atoms with Gasteiger partial charge in [-0.25, -0.2) is 0 Å². The van der Waals surface area contributed by atoms with Gasteiger partial charge in [-0.2, -0.15) is 0 Å². The average Bonchev–Trinajstić information content (AvgIpc) is 2.90. The molecule has 0 saturated heterocycles. The molecule has 0 aromatic carbocycles. The fraction of sp³-hybridized carbons (Fsp3) is 1.00. The van der Waals surface area contributed by atoms with Crippen LogP contribution in [0.3, 0.4) is 0 Å². The van der Waals surface area contributed by atoms with E-state index in [-0.39, 0.29) is 0 Å². The van der Waals surface area contributed by atoms with E-state index < -0.39 is 16.6 Å². The number of rotatable bonds is 32. The van der Waals surface area contributed by atoms with Gasteiger partial charge in [0.1, 0.15) is 0 Å². The van der Waals surface area contributed by atoms with Crippen LogP contribution in [0.5, 0.6) is 0 Å². The maximum absolute atomic E-state index is 2.39. The first-order chi connectivity index (χ1) is 19.7. The Balaban J connectivity index is 4.90. The van der Waals surface area contributed by atoms with Crippen LogP contribution in [0.15, 0.2) is 0 Å². The van der Waals surface area contributed by atoms with Crippen molar-refractivity contribution in [3.05, 3.63) is 0 Å². The third-order valence-corrected chi connectivity index (χ3v) is 18.8. The zero-order valence-corrected chi connectivity index (χ0v) is 32.2. The van der Waals surface area contributed by atoms with Crippen LogP contribution in [0.4, 0.5) is 0 Å². The molecule has 0 aromatic rings. The van der Waals surface area contributed by atoms with Gasteiger partial charge in [-0.3, -0.25) is 0 Å². The standard InChI is InChI=1S/4C10H21.Ti/c4*1-4-5-6-7-8-9-10(2)3;/h4*10H,1,4-9H2,2-3H3;. The Morgan fingerprint density at radius 3 is 0.610 bits per heavy atom. The first kappa shape index (κ1) is 41.7. The van der Waals surface area contributed by atoms with E-state index in [1.165, 1.54) is 128 Å². The predicted octanol–water partition coefficient (Wildman–Crippen LogP) is 15.8. The summed E-state index contributed by atoms with van der Waals surface area (Å²) < 4.78 is 6.88. The Kier molecular flexibility index (Phi) is 29.9. The van der Waals surface area contributed by atoms with E-state index in [1.807, 2.05) is 0 Å². The Hall–Kier alpha value is 0.714. The van der Waals surface area contributed by atoms with Crippen LogP contribution in [0, 0.1) is 23.7 Å². The Bertz CT molecular complexity index is 411. The van der Waals surface area contributed by atoms with Gasteiger partial charge in [0, 0.05) is 0 Å². The van der Waals surface area contributed by atoms with Gasteiger partial charge < -0.3 is 0 Å². The minimum atomic E-state index is -1.77. The maximum atomic E-state index is 2.39. The van der Waals surface area contributed by atoms with Crippen LogP contribution >= 0.6 is 0 Å². The molecule has 0 nitrogen and oxygen atoms in total. The molecule has 0 radical (unpaired) electrons. The quantitative estimate of drug-likeness (QED) is 0.0524. The molecule has 0 unspecified atom stereocenters. The zero-order chi connectivity index (χ0) is 30.6. The second-order valence-corrected chi connectivity index (χ2v) is 24.1. The average molecular weight is 613 g/mol. The summed E-state index contributed by atoms with van der Waals surface area (Å²) in [6.07, 6.45) is 36.1. The molecular formula is C40H84Ti. The minimum absolute atomic E-state index is 0.888. The van der Waals surface area contributed by atoms with E-state index in [0.717, 1.165) is 23.7 Å². The molecule has 0 N–H and O–H groups in total. The Morgan fingerprint density at radius 1 is 0.244 bits per heavy atom. The summed E-state index contributed by atoms with van der Waals surface area (Å²) in [7, 11) is 0. The van der Waals surface area contributed by atoms with Crippen molar-refractivity contribution < 1.29 is 16.6 Å². The van der Waals surface area contributed by atoms with Crippen LogP contribution in [0.25, 0.3) is 0 Å². The van der Waals surface area contributed by atoms with Gasteiger partial charge in [0.2, 0.25) is 0 Å². The van der Waals surface area contributed by atoms with E-state index in [2.05, 4.69) is 55.4 Å². The molecule has 0 bridgehead atoms. The van der Waals surface area contributed by atoms with E-state index in [9.17, 15) is 0 Å². The fourth-order valence-corrected chi connectivity index (χ4v) is 15.7. The van der Waals surface area contributed by atoms with Gasteiger partial charge >= 0.3 is 269 Å². The van der Waals surface area contributed by atoms with E-state index in [1.54, 1.807) is 44.6 Å². The SMILES string of the molecule is CC(C)CCCCCC[CH2][Ti]([CH2]CCCCCCC(C)C)([CH2]CCCCCCC(C)C)[CH2]CCCCCCC(C)C. The van der Waals surface area contributed by atoms with Crippen molar-refractivity contribution in [1.29, 1.82) is 0 Å². The predicted molar refractivity (Wildman–Crippen MR) is 189 cm³/mol. The molecular weight excluding hydrogens is 528 g/mol. The third kappa shape index (κ3) is 30.5. The normalized spacial score (nSPS) is 12.6. The van der Waals surface area contributed by atoms with Crippen molar-refractivity contribution in [2.24, 2.45) is 23.7 Å². The van der Waals surface area contributed by atoms with Crippen molar-refractivity contribution in [1.82, 2.24) is 0 Å².